The molecule has 1 aliphatic heterocycles. The minimum absolute atomic E-state index is 0.0861. The van der Waals surface area contributed by atoms with Gasteiger partial charge in [-0.3, -0.25) is 9.69 Å². The van der Waals surface area contributed by atoms with Crippen molar-refractivity contribution in [3.8, 4) is 0 Å². The Labute approximate surface area is 126 Å². The average Bonchev–Trinajstić information content (AvgIpc) is 2.85. The van der Waals surface area contributed by atoms with Crippen molar-refractivity contribution in [2.75, 3.05) is 26.2 Å². The van der Waals surface area contributed by atoms with Crippen LogP contribution in [0.3, 0.4) is 0 Å². The highest BCUT2D eigenvalue weighted by atomic mass is 16.2. The molecule has 118 valence electrons. The van der Waals surface area contributed by atoms with E-state index in [2.05, 4.69) is 41.3 Å². The number of rotatable bonds is 5. The van der Waals surface area contributed by atoms with Crippen LogP contribution in [-0.4, -0.2) is 52.1 Å². The van der Waals surface area contributed by atoms with Gasteiger partial charge in [-0.15, -0.1) is 0 Å². The molecule has 1 amide bonds. The molecule has 1 unspecified atom stereocenters. The summed E-state index contributed by atoms with van der Waals surface area (Å²) in [5.74, 6) is 1.09. The third-order valence-corrected chi connectivity index (χ3v) is 4.22. The van der Waals surface area contributed by atoms with Gasteiger partial charge in [-0.1, -0.05) is 6.92 Å². The van der Waals surface area contributed by atoms with Gasteiger partial charge in [-0.05, 0) is 20.3 Å². The Kier molecular flexibility index (Phi) is 5.00. The van der Waals surface area contributed by atoms with E-state index >= 15 is 0 Å². The van der Waals surface area contributed by atoms with Gasteiger partial charge in [-0.25, -0.2) is 4.98 Å². The molecule has 1 aliphatic rings. The molecule has 1 aromatic heterocycles. The highest BCUT2D eigenvalue weighted by Crippen LogP contribution is 2.20. The van der Waals surface area contributed by atoms with Crippen molar-refractivity contribution in [1.82, 2.24) is 25.1 Å². The van der Waals surface area contributed by atoms with Crippen molar-refractivity contribution in [2.45, 2.75) is 38.8 Å². The van der Waals surface area contributed by atoms with E-state index in [1.54, 1.807) is 0 Å². The summed E-state index contributed by atoms with van der Waals surface area (Å²) in [6.45, 7) is 9.21. The number of imidazole rings is 1. The molecule has 0 spiro atoms. The van der Waals surface area contributed by atoms with Crippen molar-refractivity contribution in [3.63, 3.8) is 0 Å². The van der Waals surface area contributed by atoms with Crippen LogP contribution < -0.4 is 10.6 Å². The van der Waals surface area contributed by atoms with Crippen molar-refractivity contribution >= 4 is 5.91 Å². The van der Waals surface area contributed by atoms with Crippen LogP contribution >= 0.6 is 0 Å². The summed E-state index contributed by atoms with van der Waals surface area (Å²) in [6.07, 6.45) is 4.67. The van der Waals surface area contributed by atoms with E-state index in [1.807, 2.05) is 24.0 Å². The van der Waals surface area contributed by atoms with Gasteiger partial charge >= 0.3 is 0 Å². The predicted octanol–water partition coefficient (Wildman–Crippen LogP) is 0.671. The molecule has 0 aromatic carbocycles. The fourth-order valence-corrected chi connectivity index (χ4v) is 2.58. The Morgan fingerprint density at radius 3 is 2.95 bits per heavy atom. The summed E-state index contributed by atoms with van der Waals surface area (Å²) in [7, 11) is 2.00. The molecule has 1 atom stereocenters. The standard InChI is InChI=1S/C15H27N5O/c1-5-15(2,3)18-13(21)11-20-9-6-16-10-12(20)14-17-7-8-19(14)4/h7-8,12,16H,5-6,9-11H2,1-4H3,(H,18,21). The number of aromatic nitrogens is 2. The summed E-state index contributed by atoms with van der Waals surface area (Å²) in [6, 6.07) is 0.147. The number of carbonyl (C=O) groups excluding carboxylic acids is 1. The summed E-state index contributed by atoms with van der Waals surface area (Å²) < 4.78 is 2.03. The maximum absolute atomic E-state index is 12.3. The SMILES string of the molecule is CCC(C)(C)NC(=O)CN1CCNCC1c1nccn1C. The number of carbonyl (C=O) groups is 1. The van der Waals surface area contributed by atoms with Crippen molar-refractivity contribution in [3.05, 3.63) is 18.2 Å². The lowest BCUT2D eigenvalue weighted by molar-refractivity contribution is -0.124. The van der Waals surface area contributed by atoms with Crippen LogP contribution in [0, 0.1) is 0 Å². The molecule has 1 saturated heterocycles. The number of nitrogens with zero attached hydrogens (tertiary/aromatic N) is 3. The first kappa shape index (κ1) is 16.0. The zero-order valence-corrected chi connectivity index (χ0v) is 13.5. The molecular formula is C15H27N5O. The van der Waals surface area contributed by atoms with E-state index in [1.165, 1.54) is 0 Å². The molecule has 0 aliphatic carbocycles. The van der Waals surface area contributed by atoms with Crippen LogP contribution in [0.2, 0.25) is 0 Å². The summed E-state index contributed by atoms with van der Waals surface area (Å²) in [5.41, 5.74) is -0.149. The molecule has 0 radical (unpaired) electrons. The molecule has 1 aromatic rings. The van der Waals surface area contributed by atoms with Gasteiger partial charge < -0.3 is 15.2 Å². The smallest absolute Gasteiger partial charge is 0.234 e. The number of aryl methyl sites for hydroxylation is 1. The van der Waals surface area contributed by atoms with Crippen molar-refractivity contribution in [2.24, 2.45) is 7.05 Å². The van der Waals surface area contributed by atoms with Gasteiger partial charge in [0.1, 0.15) is 5.82 Å². The van der Waals surface area contributed by atoms with E-state index in [-0.39, 0.29) is 17.5 Å². The van der Waals surface area contributed by atoms with Gasteiger partial charge in [-0.2, -0.15) is 0 Å². The fourth-order valence-electron chi connectivity index (χ4n) is 2.58. The van der Waals surface area contributed by atoms with E-state index in [0.717, 1.165) is 31.9 Å². The third-order valence-electron chi connectivity index (χ3n) is 4.22. The molecule has 2 N–H and O–H groups in total. The zero-order chi connectivity index (χ0) is 15.5. The predicted molar refractivity (Wildman–Crippen MR) is 82.9 cm³/mol. The molecule has 6 nitrogen and oxygen atoms in total. The Balaban J connectivity index is 2.03. The lowest BCUT2D eigenvalue weighted by Gasteiger charge is -2.36. The third kappa shape index (κ3) is 4.04. The van der Waals surface area contributed by atoms with Gasteiger partial charge in [0.05, 0.1) is 12.6 Å². The van der Waals surface area contributed by atoms with Gasteiger partial charge in [0.15, 0.2) is 0 Å². The normalized spacial score (nSPS) is 20.5. The van der Waals surface area contributed by atoms with Gasteiger partial charge in [0.25, 0.3) is 0 Å². The number of hydrogen-bond acceptors (Lipinski definition) is 4. The first-order valence-electron chi connectivity index (χ1n) is 7.66. The second-order valence-corrected chi connectivity index (χ2v) is 6.37. The molecule has 1 fully saturated rings. The summed E-state index contributed by atoms with van der Waals surface area (Å²) >= 11 is 0. The topological polar surface area (TPSA) is 62.2 Å². The Morgan fingerprint density at radius 1 is 1.57 bits per heavy atom. The van der Waals surface area contributed by atoms with Crippen molar-refractivity contribution < 1.29 is 4.79 Å². The molecule has 0 bridgehead atoms. The zero-order valence-electron chi connectivity index (χ0n) is 13.5. The van der Waals surface area contributed by atoms with E-state index < -0.39 is 0 Å². The van der Waals surface area contributed by atoms with Crippen molar-refractivity contribution in [1.29, 1.82) is 0 Å². The van der Waals surface area contributed by atoms with E-state index in [0.29, 0.717) is 6.54 Å². The van der Waals surface area contributed by atoms with Crippen LogP contribution in [-0.2, 0) is 11.8 Å². The maximum Gasteiger partial charge on any atom is 0.234 e. The van der Waals surface area contributed by atoms with Crippen LogP contribution in [0.4, 0.5) is 0 Å². The number of amides is 1. The molecule has 2 heterocycles. The molecular weight excluding hydrogens is 266 g/mol. The Morgan fingerprint density at radius 2 is 2.33 bits per heavy atom. The van der Waals surface area contributed by atoms with Crippen LogP contribution in [0.15, 0.2) is 12.4 Å². The van der Waals surface area contributed by atoms with Gasteiger partial charge in [0.2, 0.25) is 5.91 Å². The summed E-state index contributed by atoms with van der Waals surface area (Å²) in [4.78, 5) is 18.9. The monoisotopic (exact) mass is 293 g/mol. The maximum atomic E-state index is 12.3. The average molecular weight is 293 g/mol. The Hall–Kier alpha value is -1.40. The first-order chi connectivity index (χ1) is 9.93. The molecule has 21 heavy (non-hydrogen) atoms. The molecule has 0 saturated carbocycles. The van der Waals surface area contributed by atoms with E-state index in [9.17, 15) is 4.79 Å². The fraction of sp³-hybridized carbons (Fsp3) is 0.733. The van der Waals surface area contributed by atoms with Gasteiger partial charge in [0, 0.05) is 44.6 Å². The second-order valence-electron chi connectivity index (χ2n) is 6.37. The lowest BCUT2D eigenvalue weighted by Crippen LogP contribution is -2.52. The first-order valence-corrected chi connectivity index (χ1v) is 7.66. The molecule has 2 rings (SSSR count). The van der Waals surface area contributed by atoms with Crippen LogP contribution in [0.25, 0.3) is 0 Å². The number of nitrogens with one attached hydrogen (secondary N) is 2. The minimum Gasteiger partial charge on any atom is -0.350 e. The summed E-state index contributed by atoms with van der Waals surface area (Å²) in [5, 5.41) is 6.49. The minimum atomic E-state index is -0.149. The largest absolute Gasteiger partial charge is 0.350 e. The highest BCUT2D eigenvalue weighted by molar-refractivity contribution is 5.78. The quantitative estimate of drug-likeness (QED) is 0.838. The second kappa shape index (κ2) is 6.58. The van der Waals surface area contributed by atoms with Crippen LogP contribution in [0.1, 0.15) is 39.1 Å². The number of hydrogen-bond donors (Lipinski definition) is 2. The molecule has 6 heteroatoms. The number of piperazine rings is 1. The van der Waals surface area contributed by atoms with E-state index in [4.69, 9.17) is 0 Å². The lowest BCUT2D eigenvalue weighted by atomic mass is 10.0. The Bertz CT molecular complexity index is 482. The highest BCUT2D eigenvalue weighted by Gasteiger charge is 2.29. The van der Waals surface area contributed by atoms with Crippen LogP contribution in [0.5, 0.6) is 0 Å².